The van der Waals surface area contributed by atoms with Crippen molar-refractivity contribution < 1.29 is 19.0 Å². The molecule has 2 rings (SSSR count). The fourth-order valence-corrected chi connectivity index (χ4v) is 2.65. The van der Waals surface area contributed by atoms with Gasteiger partial charge in [-0.25, -0.2) is 0 Å². The van der Waals surface area contributed by atoms with Gasteiger partial charge < -0.3 is 31.0 Å². The highest BCUT2D eigenvalue weighted by atomic mass is 16.5. The van der Waals surface area contributed by atoms with Crippen LogP contribution in [0.15, 0.2) is 42.6 Å². The number of hydrogen-bond donors (Lipinski definition) is 3. The average Bonchev–Trinajstić information content (AvgIpc) is 2.69. The van der Waals surface area contributed by atoms with E-state index in [1.807, 2.05) is 31.2 Å². The standard InChI is InChI=1S/C20H25N3O4/c1-4-27-19-10-14(6-8-18(19)26-3)15(11-21)13-5-7-17(25-2)16(9-13)23-20(24)12-22/h5-11H,4,12,21-22H2,1-3H3,(H,23,24). The number of nitrogens with two attached hydrogens (primary N) is 2. The molecule has 0 aliphatic carbocycles. The lowest BCUT2D eigenvalue weighted by atomic mass is 9.97. The van der Waals surface area contributed by atoms with E-state index in [0.29, 0.717) is 29.5 Å². The molecule has 0 atom stereocenters. The molecule has 2 aromatic rings. The van der Waals surface area contributed by atoms with Crippen LogP contribution in [0, 0.1) is 0 Å². The molecule has 0 saturated heterocycles. The molecule has 0 spiro atoms. The maximum absolute atomic E-state index is 11.7. The topological polar surface area (TPSA) is 109 Å². The minimum absolute atomic E-state index is 0.122. The number of ether oxygens (including phenoxy) is 3. The minimum Gasteiger partial charge on any atom is -0.495 e. The Labute approximate surface area is 158 Å². The van der Waals surface area contributed by atoms with Crippen LogP contribution in [-0.4, -0.2) is 33.3 Å². The van der Waals surface area contributed by atoms with Gasteiger partial charge in [0.2, 0.25) is 5.91 Å². The zero-order chi connectivity index (χ0) is 19.8. The lowest BCUT2D eigenvalue weighted by molar-refractivity contribution is -0.114. The summed E-state index contributed by atoms with van der Waals surface area (Å²) < 4.78 is 16.3. The number of rotatable bonds is 8. The molecular formula is C20H25N3O4. The first-order valence-corrected chi connectivity index (χ1v) is 8.49. The predicted molar refractivity (Wildman–Crippen MR) is 106 cm³/mol. The van der Waals surface area contributed by atoms with Gasteiger partial charge in [-0.1, -0.05) is 12.1 Å². The Morgan fingerprint density at radius 1 is 1.04 bits per heavy atom. The lowest BCUT2D eigenvalue weighted by Gasteiger charge is -2.15. The Balaban J connectivity index is 2.47. The fourth-order valence-electron chi connectivity index (χ4n) is 2.65. The van der Waals surface area contributed by atoms with Gasteiger partial charge >= 0.3 is 0 Å². The van der Waals surface area contributed by atoms with Gasteiger partial charge in [0.25, 0.3) is 0 Å². The van der Waals surface area contributed by atoms with Crippen molar-refractivity contribution in [3.05, 3.63) is 53.7 Å². The summed E-state index contributed by atoms with van der Waals surface area (Å²) in [5.74, 6) is 1.48. The predicted octanol–water partition coefficient (Wildman–Crippen LogP) is 2.35. The second-order valence-corrected chi connectivity index (χ2v) is 5.55. The Kier molecular flexibility index (Phi) is 7.08. The van der Waals surface area contributed by atoms with Gasteiger partial charge in [-0.3, -0.25) is 4.79 Å². The molecule has 0 saturated carbocycles. The molecule has 0 aliphatic rings. The average molecular weight is 371 g/mol. The van der Waals surface area contributed by atoms with Crippen molar-refractivity contribution in [2.45, 2.75) is 6.92 Å². The molecule has 0 unspecified atom stereocenters. The summed E-state index contributed by atoms with van der Waals surface area (Å²) in [5, 5.41) is 2.73. The van der Waals surface area contributed by atoms with Crippen LogP contribution >= 0.6 is 0 Å². The van der Waals surface area contributed by atoms with Crippen molar-refractivity contribution in [3.63, 3.8) is 0 Å². The first kappa shape index (κ1) is 20.1. The monoisotopic (exact) mass is 371 g/mol. The molecule has 0 aromatic heterocycles. The smallest absolute Gasteiger partial charge is 0.238 e. The van der Waals surface area contributed by atoms with Gasteiger partial charge in [0, 0.05) is 11.8 Å². The molecule has 27 heavy (non-hydrogen) atoms. The first-order valence-electron chi connectivity index (χ1n) is 8.49. The third-order valence-corrected chi connectivity index (χ3v) is 3.91. The summed E-state index contributed by atoms with van der Waals surface area (Å²) >= 11 is 0. The summed E-state index contributed by atoms with van der Waals surface area (Å²) in [5.41, 5.74) is 14.2. The van der Waals surface area contributed by atoms with Crippen LogP contribution in [0.25, 0.3) is 5.57 Å². The summed E-state index contributed by atoms with van der Waals surface area (Å²) in [6.45, 7) is 2.30. The molecule has 0 heterocycles. The van der Waals surface area contributed by atoms with Crippen LogP contribution < -0.4 is 31.0 Å². The van der Waals surface area contributed by atoms with Crippen LogP contribution in [0.1, 0.15) is 18.1 Å². The summed E-state index contributed by atoms with van der Waals surface area (Å²) in [4.78, 5) is 11.7. The van der Waals surface area contributed by atoms with Gasteiger partial charge in [-0.05, 0) is 42.3 Å². The Hall–Kier alpha value is -3.19. The summed E-state index contributed by atoms with van der Waals surface area (Å²) in [6, 6.07) is 11.0. The van der Waals surface area contributed by atoms with Crippen molar-refractivity contribution in [1.29, 1.82) is 0 Å². The number of amides is 1. The molecule has 0 bridgehead atoms. The molecule has 0 fully saturated rings. The number of methoxy groups -OCH3 is 2. The molecule has 0 aliphatic heterocycles. The van der Waals surface area contributed by atoms with Gasteiger partial charge in [0.05, 0.1) is 33.1 Å². The van der Waals surface area contributed by atoms with Crippen molar-refractivity contribution in [2.75, 3.05) is 32.7 Å². The minimum atomic E-state index is -0.313. The molecule has 1 amide bonds. The largest absolute Gasteiger partial charge is 0.495 e. The fraction of sp³-hybridized carbons (Fsp3) is 0.250. The van der Waals surface area contributed by atoms with E-state index in [9.17, 15) is 4.79 Å². The molecule has 144 valence electrons. The highest BCUT2D eigenvalue weighted by molar-refractivity contribution is 5.94. The van der Waals surface area contributed by atoms with Crippen molar-refractivity contribution in [2.24, 2.45) is 11.5 Å². The van der Waals surface area contributed by atoms with E-state index >= 15 is 0 Å². The maximum atomic E-state index is 11.7. The Bertz CT molecular complexity index is 834. The molecule has 7 nitrogen and oxygen atoms in total. The van der Waals surface area contributed by atoms with E-state index in [4.69, 9.17) is 25.7 Å². The molecule has 0 radical (unpaired) electrons. The van der Waals surface area contributed by atoms with Crippen molar-refractivity contribution in [3.8, 4) is 17.2 Å². The van der Waals surface area contributed by atoms with E-state index in [2.05, 4.69) is 5.32 Å². The molecule has 7 heteroatoms. The summed E-state index contributed by atoms with van der Waals surface area (Å²) in [7, 11) is 3.12. The molecule has 5 N–H and O–H groups in total. The molecular weight excluding hydrogens is 346 g/mol. The van der Waals surface area contributed by atoms with E-state index < -0.39 is 0 Å². The zero-order valence-electron chi connectivity index (χ0n) is 15.7. The normalized spacial score (nSPS) is 11.0. The quantitative estimate of drug-likeness (QED) is 0.657. The number of benzene rings is 2. The van der Waals surface area contributed by atoms with Crippen LogP contribution in [0.5, 0.6) is 17.2 Å². The van der Waals surface area contributed by atoms with E-state index in [1.165, 1.54) is 13.3 Å². The van der Waals surface area contributed by atoms with Crippen LogP contribution in [0.3, 0.4) is 0 Å². The number of carbonyl (C=O) groups is 1. The maximum Gasteiger partial charge on any atom is 0.238 e. The van der Waals surface area contributed by atoms with E-state index in [1.54, 1.807) is 19.2 Å². The third kappa shape index (κ3) is 4.71. The van der Waals surface area contributed by atoms with E-state index in [-0.39, 0.29) is 12.5 Å². The lowest BCUT2D eigenvalue weighted by Crippen LogP contribution is -2.22. The number of hydrogen-bond acceptors (Lipinski definition) is 6. The van der Waals surface area contributed by atoms with Crippen molar-refractivity contribution in [1.82, 2.24) is 0 Å². The first-order chi connectivity index (χ1) is 13.1. The summed E-state index contributed by atoms with van der Waals surface area (Å²) in [6.07, 6.45) is 1.51. The zero-order valence-corrected chi connectivity index (χ0v) is 15.7. The van der Waals surface area contributed by atoms with E-state index in [0.717, 1.165) is 16.7 Å². The van der Waals surface area contributed by atoms with Crippen molar-refractivity contribution >= 4 is 17.2 Å². The third-order valence-electron chi connectivity index (χ3n) is 3.91. The van der Waals surface area contributed by atoms with Gasteiger partial charge in [-0.15, -0.1) is 0 Å². The highest BCUT2D eigenvalue weighted by Crippen LogP contribution is 2.35. The van der Waals surface area contributed by atoms with Crippen LogP contribution in [0.2, 0.25) is 0 Å². The van der Waals surface area contributed by atoms with Gasteiger partial charge in [0.15, 0.2) is 11.5 Å². The van der Waals surface area contributed by atoms with Crippen LogP contribution in [-0.2, 0) is 4.79 Å². The number of nitrogens with one attached hydrogen (secondary N) is 1. The second kappa shape index (κ2) is 9.49. The Morgan fingerprint density at radius 2 is 1.67 bits per heavy atom. The molecule has 2 aromatic carbocycles. The highest BCUT2D eigenvalue weighted by Gasteiger charge is 2.13. The van der Waals surface area contributed by atoms with Gasteiger partial charge in [-0.2, -0.15) is 0 Å². The second-order valence-electron chi connectivity index (χ2n) is 5.55. The van der Waals surface area contributed by atoms with Gasteiger partial charge in [0.1, 0.15) is 5.75 Å². The SMILES string of the molecule is CCOc1cc(C(=CN)c2ccc(OC)c(NC(=O)CN)c2)ccc1OC. The number of anilines is 1. The Morgan fingerprint density at radius 3 is 2.22 bits per heavy atom. The number of carbonyl (C=O) groups excluding carboxylic acids is 1. The van der Waals surface area contributed by atoms with Crippen LogP contribution in [0.4, 0.5) is 5.69 Å².